The summed E-state index contributed by atoms with van der Waals surface area (Å²) in [6.07, 6.45) is 5.33. The third-order valence-electron chi connectivity index (χ3n) is 3.05. The van der Waals surface area contributed by atoms with Gasteiger partial charge in [-0.15, -0.1) is 0 Å². The minimum atomic E-state index is -0.835. The Bertz CT molecular complexity index is 328. The molecule has 2 N–H and O–H groups in total. The van der Waals surface area contributed by atoms with Crippen LogP contribution in [0.3, 0.4) is 0 Å². The lowest BCUT2D eigenvalue weighted by Crippen LogP contribution is -2.40. The van der Waals surface area contributed by atoms with E-state index in [2.05, 4.69) is 5.32 Å². The molecule has 1 aliphatic heterocycles. The molecular formula is C12H20N2O3. The van der Waals surface area contributed by atoms with Gasteiger partial charge in [-0.2, -0.15) is 0 Å². The molecule has 1 atom stereocenters. The van der Waals surface area contributed by atoms with E-state index < -0.39 is 11.4 Å². The zero-order valence-electron chi connectivity index (χ0n) is 10.4. The molecule has 1 fully saturated rings. The lowest BCUT2D eigenvalue weighted by atomic mass is 9.90. The van der Waals surface area contributed by atoms with Crippen LogP contribution in [0.25, 0.3) is 0 Å². The van der Waals surface area contributed by atoms with E-state index >= 15 is 0 Å². The Morgan fingerprint density at radius 3 is 2.71 bits per heavy atom. The molecule has 0 saturated carbocycles. The minimum Gasteiger partial charge on any atom is -0.481 e. The lowest BCUT2D eigenvalue weighted by Gasteiger charge is -2.20. The van der Waals surface area contributed by atoms with Crippen molar-refractivity contribution in [2.24, 2.45) is 5.41 Å². The second-order valence-corrected chi connectivity index (χ2v) is 4.60. The SMILES string of the molecule is CC/C=C/CNC(=O)N1CCC(C)(C(=O)O)C1. The Morgan fingerprint density at radius 1 is 1.47 bits per heavy atom. The van der Waals surface area contributed by atoms with Crippen LogP contribution < -0.4 is 5.32 Å². The number of likely N-dealkylation sites (tertiary alicyclic amines) is 1. The Morgan fingerprint density at radius 2 is 2.18 bits per heavy atom. The second kappa shape index (κ2) is 5.70. The number of carboxylic acids is 1. The molecule has 0 aliphatic carbocycles. The number of hydrogen-bond donors (Lipinski definition) is 2. The Labute approximate surface area is 101 Å². The fourth-order valence-corrected chi connectivity index (χ4v) is 1.82. The predicted octanol–water partition coefficient (Wildman–Crippen LogP) is 1.46. The number of nitrogens with one attached hydrogen (secondary N) is 1. The van der Waals surface area contributed by atoms with Gasteiger partial charge < -0.3 is 15.3 Å². The van der Waals surface area contributed by atoms with Gasteiger partial charge in [0.15, 0.2) is 0 Å². The van der Waals surface area contributed by atoms with E-state index in [0.29, 0.717) is 19.5 Å². The summed E-state index contributed by atoms with van der Waals surface area (Å²) in [5.74, 6) is -0.835. The Balaban J connectivity index is 2.40. The Hall–Kier alpha value is -1.52. The van der Waals surface area contributed by atoms with Crippen LogP contribution in [0.5, 0.6) is 0 Å². The number of carbonyl (C=O) groups excluding carboxylic acids is 1. The highest BCUT2D eigenvalue weighted by atomic mass is 16.4. The van der Waals surface area contributed by atoms with Crippen LogP contribution in [-0.4, -0.2) is 41.6 Å². The van der Waals surface area contributed by atoms with Crippen LogP contribution in [0.4, 0.5) is 4.79 Å². The first-order valence-corrected chi connectivity index (χ1v) is 5.91. The van der Waals surface area contributed by atoms with E-state index in [1.165, 1.54) is 0 Å². The molecule has 0 aromatic carbocycles. The molecule has 0 radical (unpaired) electrons. The van der Waals surface area contributed by atoms with Crippen molar-refractivity contribution in [3.63, 3.8) is 0 Å². The average molecular weight is 240 g/mol. The first-order valence-electron chi connectivity index (χ1n) is 5.91. The summed E-state index contributed by atoms with van der Waals surface area (Å²) in [6.45, 7) is 4.99. The third-order valence-corrected chi connectivity index (χ3v) is 3.05. The van der Waals surface area contributed by atoms with E-state index in [0.717, 1.165) is 6.42 Å². The van der Waals surface area contributed by atoms with Crippen molar-refractivity contribution < 1.29 is 14.7 Å². The number of aliphatic carboxylic acids is 1. The number of urea groups is 1. The first-order chi connectivity index (χ1) is 7.99. The van der Waals surface area contributed by atoms with Crippen LogP contribution in [-0.2, 0) is 4.79 Å². The van der Waals surface area contributed by atoms with Crippen molar-refractivity contribution in [3.05, 3.63) is 12.2 Å². The molecule has 5 heteroatoms. The molecule has 1 heterocycles. The maximum Gasteiger partial charge on any atom is 0.317 e. The third kappa shape index (κ3) is 3.47. The van der Waals surface area contributed by atoms with Gasteiger partial charge in [-0.25, -0.2) is 4.79 Å². The average Bonchev–Trinajstić information content (AvgIpc) is 2.69. The quantitative estimate of drug-likeness (QED) is 0.731. The number of rotatable bonds is 4. The number of carbonyl (C=O) groups is 2. The largest absolute Gasteiger partial charge is 0.481 e. The summed E-state index contributed by atoms with van der Waals surface area (Å²) in [5, 5.41) is 11.8. The minimum absolute atomic E-state index is 0.185. The highest BCUT2D eigenvalue weighted by Crippen LogP contribution is 2.29. The van der Waals surface area contributed by atoms with Gasteiger partial charge in [-0.3, -0.25) is 4.79 Å². The van der Waals surface area contributed by atoms with Crippen LogP contribution in [0.1, 0.15) is 26.7 Å². The molecule has 0 aromatic rings. The molecular weight excluding hydrogens is 220 g/mol. The number of carboxylic acid groups (broad SMARTS) is 1. The summed E-state index contributed by atoms with van der Waals surface area (Å²) in [6, 6.07) is -0.185. The molecule has 0 aromatic heterocycles. The van der Waals surface area contributed by atoms with E-state index in [-0.39, 0.29) is 12.6 Å². The second-order valence-electron chi connectivity index (χ2n) is 4.60. The molecule has 17 heavy (non-hydrogen) atoms. The van der Waals surface area contributed by atoms with Crippen molar-refractivity contribution in [1.82, 2.24) is 10.2 Å². The zero-order valence-corrected chi connectivity index (χ0v) is 10.4. The molecule has 1 aliphatic rings. The van der Waals surface area contributed by atoms with Crippen LogP contribution >= 0.6 is 0 Å². The molecule has 1 rings (SSSR count). The zero-order chi connectivity index (χ0) is 12.9. The topological polar surface area (TPSA) is 69.6 Å². The van der Waals surface area contributed by atoms with Gasteiger partial charge in [0.1, 0.15) is 0 Å². The Kier molecular flexibility index (Phi) is 4.54. The van der Waals surface area contributed by atoms with Crippen LogP contribution in [0.2, 0.25) is 0 Å². The first kappa shape index (κ1) is 13.5. The molecule has 0 bridgehead atoms. The predicted molar refractivity (Wildman–Crippen MR) is 64.8 cm³/mol. The molecule has 1 unspecified atom stereocenters. The summed E-state index contributed by atoms with van der Waals surface area (Å²) in [5.41, 5.74) is -0.795. The van der Waals surface area contributed by atoms with Gasteiger partial charge in [0, 0.05) is 19.6 Å². The fraction of sp³-hybridized carbons (Fsp3) is 0.667. The summed E-state index contributed by atoms with van der Waals surface area (Å²) >= 11 is 0. The van der Waals surface area contributed by atoms with E-state index in [9.17, 15) is 9.59 Å². The van der Waals surface area contributed by atoms with E-state index in [1.54, 1.807) is 11.8 Å². The van der Waals surface area contributed by atoms with Crippen molar-refractivity contribution in [2.45, 2.75) is 26.7 Å². The fourth-order valence-electron chi connectivity index (χ4n) is 1.82. The molecule has 1 saturated heterocycles. The van der Waals surface area contributed by atoms with Gasteiger partial charge in [-0.05, 0) is 19.8 Å². The normalized spacial score (nSPS) is 24.2. The van der Waals surface area contributed by atoms with Crippen molar-refractivity contribution in [1.29, 1.82) is 0 Å². The maximum absolute atomic E-state index is 11.7. The summed E-state index contributed by atoms with van der Waals surface area (Å²) < 4.78 is 0. The molecule has 0 spiro atoms. The number of allylic oxidation sites excluding steroid dienone is 1. The van der Waals surface area contributed by atoms with Gasteiger partial charge in [0.25, 0.3) is 0 Å². The molecule has 96 valence electrons. The monoisotopic (exact) mass is 240 g/mol. The van der Waals surface area contributed by atoms with Gasteiger partial charge in [-0.1, -0.05) is 19.1 Å². The maximum atomic E-state index is 11.7. The van der Waals surface area contributed by atoms with Gasteiger partial charge >= 0.3 is 12.0 Å². The van der Waals surface area contributed by atoms with Crippen LogP contribution in [0.15, 0.2) is 12.2 Å². The number of amides is 2. The smallest absolute Gasteiger partial charge is 0.317 e. The van der Waals surface area contributed by atoms with E-state index in [1.807, 2.05) is 19.1 Å². The van der Waals surface area contributed by atoms with Crippen LogP contribution in [0, 0.1) is 5.41 Å². The number of nitrogens with zero attached hydrogens (tertiary/aromatic N) is 1. The standard InChI is InChI=1S/C12H20N2O3/c1-3-4-5-7-13-11(17)14-8-6-12(2,9-14)10(15)16/h4-5H,3,6-9H2,1-2H3,(H,13,17)(H,15,16)/b5-4+. The molecule has 2 amide bonds. The van der Waals surface area contributed by atoms with Crippen molar-refractivity contribution >= 4 is 12.0 Å². The highest BCUT2D eigenvalue weighted by molar-refractivity contribution is 5.79. The van der Waals surface area contributed by atoms with E-state index in [4.69, 9.17) is 5.11 Å². The van der Waals surface area contributed by atoms with Gasteiger partial charge in [0.05, 0.1) is 5.41 Å². The van der Waals surface area contributed by atoms with Gasteiger partial charge in [0.2, 0.25) is 0 Å². The summed E-state index contributed by atoms with van der Waals surface area (Å²) in [4.78, 5) is 24.3. The highest BCUT2D eigenvalue weighted by Gasteiger charge is 2.41. The summed E-state index contributed by atoms with van der Waals surface area (Å²) in [7, 11) is 0. The van der Waals surface area contributed by atoms with Crippen molar-refractivity contribution in [2.75, 3.05) is 19.6 Å². The van der Waals surface area contributed by atoms with Crippen molar-refractivity contribution in [3.8, 4) is 0 Å². The molecule has 5 nitrogen and oxygen atoms in total. The number of hydrogen-bond acceptors (Lipinski definition) is 2. The lowest BCUT2D eigenvalue weighted by molar-refractivity contribution is -0.146.